The van der Waals surface area contributed by atoms with Crippen LogP contribution in [-0.2, 0) is 0 Å². The average molecular weight is 218 g/mol. The molecule has 0 spiro atoms. The minimum atomic E-state index is -0.329. The van der Waals surface area contributed by atoms with Gasteiger partial charge in [-0.05, 0) is 37.8 Å². The number of rotatable bonds is 2. The van der Waals surface area contributed by atoms with Crippen molar-refractivity contribution in [3.05, 3.63) is 29.3 Å². The second kappa shape index (κ2) is 4.56. The third-order valence-electron chi connectivity index (χ3n) is 3.18. The first-order valence-electron chi connectivity index (χ1n) is 5.84. The molecule has 2 N–H and O–H groups in total. The van der Waals surface area contributed by atoms with Crippen molar-refractivity contribution in [3.63, 3.8) is 0 Å². The fourth-order valence-corrected chi connectivity index (χ4v) is 2.40. The Balaban J connectivity index is 2.40. The highest BCUT2D eigenvalue weighted by molar-refractivity contribution is 5.99. The lowest BCUT2D eigenvalue weighted by molar-refractivity contribution is 0.100. The molecule has 1 fully saturated rings. The zero-order valence-electron chi connectivity index (χ0n) is 9.70. The summed E-state index contributed by atoms with van der Waals surface area (Å²) < 4.78 is 0. The van der Waals surface area contributed by atoms with E-state index in [1.165, 1.54) is 19.3 Å². The quantitative estimate of drug-likeness (QED) is 0.826. The zero-order valence-corrected chi connectivity index (χ0v) is 9.70. The summed E-state index contributed by atoms with van der Waals surface area (Å²) in [6.45, 7) is 4.10. The van der Waals surface area contributed by atoms with Gasteiger partial charge in [-0.15, -0.1) is 0 Å². The number of carbonyl (C=O) groups excluding carboxylic acids is 1. The topological polar surface area (TPSA) is 46.3 Å². The summed E-state index contributed by atoms with van der Waals surface area (Å²) in [5, 5.41) is 0. The number of hydrogen-bond acceptors (Lipinski definition) is 2. The van der Waals surface area contributed by atoms with Crippen LogP contribution in [0, 0.1) is 6.92 Å². The normalized spacial score (nSPS) is 16.2. The second-order valence-electron chi connectivity index (χ2n) is 4.38. The van der Waals surface area contributed by atoms with Gasteiger partial charge in [0.2, 0.25) is 0 Å². The van der Waals surface area contributed by atoms with Gasteiger partial charge in [0, 0.05) is 13.1 Å². The molecule has 0 unspecified atom stereocenters. The monoisotopic (exact) mass is 218 g/mol. The average Bonchev–Trinajstić information content (AvgIpc) is 2.29. The lowest BCUT2D eigenvalue weighted by Crippen LogP contribution is -2.32. The van der Waals surface area contributed by atoms with Crippen molar-refractivity contribution in [2.24, 2.45) is 5.73 Å². The smallest absolute Gasteiger partial charge is 0.250 e. The molecule has 0 aromatic heterocycles. The fourth-order valence-electron chi connectivity index (χ4n) is 2.40. The highest BCUT2D eigenvalue weighted by Gasteiger charge is 2.18. The predicted molar refractivity (Wildman–Crippen MR) is 65.8 cm³/mol. The van der Waals surface area contributed by atoms with Crippen LogP contribution < -0.4 is 10.6 Å². The Hall–Kier alpha value is -1.51. The van der Waals surface area contributed by atoms with E-state index in [9.17, 15) is 4.79 Å². The molecule has 1 aliphatic rings. The minimum Gasteiger partial charge on any atom is -0.371 e. The Morgan fingerprint density at radius 1 is 1.25 bits per heavy atom. The van der Waals surface area contributed by atoms with E-state index >= 15 is 0 Å². The lowest BCUT2D eigenvalue weighted by atomic mass is 10.0. The molecule has 86 valence electrons. The zero-order chi connectivity index (χ0) is 11.5. The van der Waals surface area contributed by atoms with Gasteiger partial charge in [0.05, 0.1) is 11.3 Å². The molecule has 1 aromatic carbocycles. The summed E-state index contributed by atoms with van der Waals surface area (Å²) in [7, 11) is 0. The van der Waals surface area contributed by atoms with Crippen LogP contribution >= 0.6 is 0 Å². The molecule has 0 bridgehead atoms. The van der Waals surface area contributed by atoms with E-state index in [1.54, 1.807) is 0 Å². The number of amides is 1. The Morgan fingerprint density at radius 3 is 2.56 bits per heavy atom. The van der Waals surface area contributed by atoms with Gasteiger partial charge in [0.25, 0.3) is 5.91 Å². The van der Waals surface area contributed by atoms with Gasteiger partial charge in [-0.1, -0.05) is 12.1 Å². The summed E-state index contributed by atoms with van der Waals surface area (Å²) in [6.07, 6.45) is 3.69. The number of primary amides is 1. The number of aryl methyl sites for hydroxylation is 1. The molecule has 1 aliphatic heterocycles. The Morgan fingerprint density at radius 2 is 1.94 bits per heavy atom. The van der Waals surface area contributed by atoms with Gasteiger partial charge in [0.15, 0.2) is 0 Å². The Bertz CT molecular complexity index is 395. The number of nitrogens with two attached hydrogens (primary N) is 1. The molecule has 0 saturated carbocycles. The molecule has 0 aliphatic carbocycles. The van der Waals surface area contributed by atoms with Crippen molar-refractivity contribution in [3.8, 4) is 0 Å². The van der Waals surface area contributed by atoms with Crippen LogP contribution in [-0.4, -0.2) is 19.0 Å². The third kappa shape index (κ3) is 2.03. The van der Waals surface area contributed by atoms with Crippen molar-refractivity contribution in [1.82, 2.24) is 0 Å². The number of benzene rings is 1. The fraction of sp³-hybridized carbons (Fsp3) is 0.462. The number of para-hydroxylation sites is 1. The molecule has 1 aromatic rings. The number of carbonyl (C=O) groups is 1. The van der Waals surface area contributed by atoms with Crippen LogP contribution in [0.2, 0.25) is 0 Å². The summed E-state index contributed by atoms with van der Waals surface area (Å²) in [6, 6.07) is 5.75. The SMILES string of the molecule is Cc1cccc(C(N)=O)c1N1CCCCC1. The standard InChI is InChI=1S/C13H18N2O/c1-10-6-5-7-11(13(14)16)12(10)15-8-3-2-4-9-15/h5-7H,2-4,8-9H2,1H3,(H2,14,16). The van der Waals surface area contributed by atoms with E-state index in [1.807, 2.05) is 25.1 Å². The van der Waals surface area contributed by atoms with Crippen molar-refractivity contribution in [1.29, 1.82) is 0 Å². The van der Waals surface area contributed by atoms with E-state index in [0.717, 1.165) is 24.3 Å². The number of nitrogens with zero attached hydrogens (tertiary/aromatic N) is 1. The highest BCUT2D eigenvalue weighted by atomic mass is 16.1. The van der Waals surface area contributed by atoms with Gasteiger partial charge in [0.1, 0.15) is 0 Å². The molecular formula is C13H18N2O. The molecule has 1 heterocycles. The molecule has 0 radical (unpaired) electrons. The van der Waals surface area contributed by atoms with Crippen molar-refractivity contribution < 1.29 is 4.79 Å². The van der Waals surface area contributed by atoms with Crippen LogP contribution in [0.4, 0.5) is 5.69 Å². The van der Waals surface area contributed by atoms with Gasteiger partial charge in [-0.2, -0.15) is 0 Å². The first-order chi connectivity index (χ1) is 7.70. The van der Waals surface area contributed by atoms with Crippen LogP contribution in [0.1, 0.15) is 35.2 Å². The van der Waals surface area contributed by atoms with Gasteiger partial charge in [-0.3, -0.25) is 4.79 Å². The van der Waals surface area contributed by atoms with Gasteiger partial charge >= 0.3 is 0 Å². The van der Waals surface area contributed by atoms with Crippen LogP contribution in [0.3, 0.4) is 0 Å². The molecule has 2 rings (SSSR count). The van der Waals surface area contributed by atoms with E-state index in [4.69, 9.17) is 5.73 Å². The number of anilines is 1. The van der Waals surface area contributed by atoms with Crippen molar-refractivity contribution in [2.45, 2.75) is 26.2 Å². The Labute approximate surface area is 96.2 Å². The lowest BCUT2D eigenvalue weighted by Gasteiger charge is -2.31. The number of piperidine rings is 1. The van der Waals surface area contributed by atoms with E-state index in [-0.39, 0.29) is 5.91 Å². The summed E-state index contributed by atoms with van der Waals surface area (Å²) in [4.78, 5) is 13.7. The maximum atomic E-state index is 11.4. The highest BCUT2D eigenvalue weighted by Crippen LogP contribution is 2.27. The maximum absolute atomic E-state index is 11.4. The largest absolute Gasteiger partial charge is 0.371 e. The van der Waals surface area contributed by atoms with Gasteiger partial charge < -0.3 is 10.6 Å². The molecule has 1 amide bonds. The third-order valence-corrected chi connectivity index (χ3v) is 3.18. The molecule has 3 heteroatoms. The summed E-state index contributed by atoms with van der Waals surface area (Å²) in [5.41, 5.74) is 8.25. The van der Waals surface area contributed by atoms with Crippen molar-refractivity contribution in [2.75, 3.05) is 18.0 Å². The number of hydrogen-bond donors (Lipinski definition) is 1. The van der Waals surface area contributed by atoms with Crippen LogP contribution in [0.25, 0.3) is 0 Å². The van der Waals surface area contributed by atoms with E-state index in [0.29, 0.717) is 5.56 Å². The van der Waals surface area contributed by atoms with Crippen molar-refractivity contribution >= 4 is 11.6 Å². The first kappa shape index (κ1) is 11.0. The molecule has 3 nitrogen and oxygen atoms in total. The summed E-state index contributed by atoms with van der Waals surface area (Å²) in [5.74, 6) is -0.329. The molecule has 1 saturated heterocycles. The second-order valence-corrected chi connectivity index (χ2v) is 4.38. The van der Waals surface area contributed by atoms with E-state index in [2.05, 4.69) is 4.90 Å². The maximum Gasteiger partial charge on any atom is 0.250 e. The van der Waals surface area contributed by atoms with Crippen LogP contribution in [0.15, 0.2) is 18.2 Å². The predicted octanol–water partition coefficient (Wildman–Crippen LogP) is 2.08. The molecule has 0 atom stereocenters. The molecule has 16 heavy (non-hydrogen) atoms. The van der Waals surface area contributed by atoms with Gasteiger partial charge in [-0.25, -0.2) is 0 Å². The minimum absolute atomic E-state index is 0.329. The van der Waals surface area contributed by atoms with E-state index < -0.39 is 0 Å². The Kier molecular flexibility index (Phi) is 3.13. The first-order valence-corrected chi connectivity index (χ1v) is 5.84. The van der Waals surface area contributed by atoms with Crippen LogP contribution in [0.5, 0.6) is 0 Å². The summed E-state index contributed by atoms with van der Waals surface area (Å²) >= 11 is 0. The molecular weight excluding hydrogens is 200 g/mol.